The maximum absolute atomic E-state index is 12.7. The number of carboxylic acids is 2. The number of rotatable bonds is 15. The number of aliphatic carboxylic acids is 2. The largest absolute Gasteiger partial charge is 0.481 e. The zero-order valence-electron chi connectivity index (χ0n) is 17.9. The molecule has 0 aliphatic heterocycles. The highest BCUT2D eigenvalue weighted by Gasteiger charge is 2.31. The zero-order valence-corrected chi connectivity index (χ0v) is 17.9. The van der Waals surface area contributed by atoms with Crippen LogP contribution in [0.5, 0.6) is 0 Å². The van der Waals surface area contributed by atoms with Crippen molar-refractivity contribution in [2.45, 2.75) is 63.7 Å². The molecule has 182 valence electrons. The highest BCUT2D eigenvalue weighted by Crippen LogP contribution is 2.08. The predicted molar refractivity (Wildman–Crippen MR) is 109 cm³/mol. The van der Waals surface area contributed by atoms with Crippen molar-refractivity contribution in [3.63, 3.8) is 0 Å². The lowest BCUT2D eigenvalue weighted by atomic mass is 10.0. The van der Waals surface area contributed by atoms with Crippen molar-refractivity contribution >= 4 is 35.6 Å². The molecule has 0 spiro atoms. The Morgan fingerprint density at radius 2 is 1.34 bits per heavy atom. The van der Waals surface area contributed by atoms with Crippen LogP contribution in [0, 0.1) is 5.92 Å². The van der Waals surface area contributed by atoms with Crippen LogP contribution in [0.3, 0.4) is 0 Å². The second kappa shape index (κ2) is 13.9. The van der Waals surface area contributed by atoms with Gasteiger partial charge in [-0.3, -0.25) is 24.0 Å². The molecule has 10 N–H and O–H groups in total. The minimum absolute atomic E-state index is 0.0592. The van der Waals surface area contributed by atoms with E-state index in [1.165, 1.54) is 0 Å². The third kappa shape index (κ3) is 11.2. The van der Waals surface area contributed by atoms with Crippen LogP contribution in [-0.4, -0.2) is 81.7 Å². The first-order valence-electron chi connectivity index (χ1n) is 9.78. The van der Waals surface area contributed by atoms with Gasteiger partial charge < -0.3 is 42.7 Å². The van der Waals surface area contributed by atoms with Crippen molar-refractivity contribution in [1.82, 2.24) is 16.0 Å². The van der Waals surface area contributed by atoms with Crippen molar-refractivity contribution in [3.8, 4) is 0 Å². The summed E-state index contributed by atoms with van der Waals surface area (Å²) in [5.74, 6) is -6.61. The monoisotopic (exact) mass is 461 g/mol. The molecular formula is C18H31N5O9. The Balaban J connectivity index is 5.53. The van der Waals surface area contributed by atoms with Gasteiger partial charge in [0.15, 0.2) is 0 Å². The fourth-order valence-corrected chi connectivity index (χ4v) is 2.54. The average molecular weight is 461 g/mol. The van der Waals surface area contributed by atoms with Gasteiger partial charge in [0.05, 0.1) is 13.0 Å². The zero-order chi connectivity index (χ0) is 25.0. The number of carbonyl (C=O) groups is 6. The topological polar surface area (TPSA) is 251 Å². The highest BCUT2D eigenvalue weighted by molar-refractivity contribution is 5.94. The number of nitrogens with two attached hydrogens (primary N) is 2. The fraction of sp³-hybridized carbons (Fsp3) is 0.667. The van der Waals surface area contributed by atoms with Crippen molar-refractivity contribution < 1.29 is 44.1 Å². The van der Waals surface area contributed by atoms with E-state index in [-0.39, 0.29) is 25.2 Å². The van der Waals surface area contributed by atoms with Crippen LogP contribution in [-0.2, 0) is 28.8 Å². The van der Waals surface area contributed by atoms with Gasteiger partial charge in [0.1, 0.15) is 24.2 Å². The minimum atomic E-state index is -1.72. The van der Waals surface area contributed by atoms with Crippen LogP contribution < -0.4 is 27.4 Å². The average Bonchev–Trinajstić information content (AvgIpc) is 2.67. The third-order valence-electron chi connectivity index (χ3n) is 4.18. The molecule has 0 aliphatic carbocycles. The van der Waals surface area contributed by atoms with E-state index in [1.807, 2.05) is 0 Å². The second-order valence-corrected chi connectivity index (χ2v) is 7.54. The molecule has 4 atom stereocenters. The standard InChI is InChI=1S/C18H31N5O9/c1-8(2)5-11(17(30)23-12(18(31)32)6-14(26)27)22-16(29)10(3-4-13(20)25)21-15(28)9(19)7-24/h8-12,24H,3-7,19H2,1-2H3,(H2,20,25)(H,21,28)(H,22,29)(H,23,30)(H,26,27)(H,31,32). The Morgan fingerprint density at radius 1 is 0.844 bits per heavy atom. The number of primary amides is 1. The molecule has 14 heteroatoms. The summed E-state index contributed by atoms with van der Waals surface area (Å²) in [6, 6.07) is -5.65. The van der Waals surface area contributed by atoms with E-state index in [4.69, 9.17) is 26.8 Å². The van der Waals surface area contributed by atoms with Crippen LogP contribution in [0.2, 0.25) is 0 Å². The summed E-state index contributed by atoms with van der Waals surface area (Å²) >= 11 is 0. The van der Waals surface area contributed by atoms with E-state index < -0.39 is 72.8 Å². The summed E-state index contributed by atoms with van der Waals surface area (Å²) in [7, 11) is 0. The first kappa shape index (κ1) is 28.7. The van der Waals surface area contributed by atoms with Crippen LogP contribution >= 0.6 is 0 Å². The van der Waals surface area contributed by atoms with Crippen molar-refractivity contribution in [3.05, 3.63) is 0 Å². The van der Waals surface area contributed by atoms with Gasteiger partial charge in [-0.15, -0.1) is 0 Å². The Labute approximate surface area is 184 Å². The first-order valence-corrected chi connectivity index (χ1v) is 9.78. The lowest BCUT2D eigenvalue weighted by molar-refractivity contribution is -0.147. The molecule has 0 heterocycles. The number of aliphatic hydroxyl groups is 1. The van der Waals surface area contributed by atoms with Crippen molar-refractivity contribution in [1.29, 1.82) is 0 Å². The Bertz CT molecular complexity index is 713. The quantitative estimate of drug-likeness (QED) is 0.120. The lowest BCUT2D eigenvalue weighted by Gasteiger charge is -2.25. The molecule has 0 aromatic heterocycles. The van der Waals surface area contributed by atoms with Gasteiger partial charge in [0.2, 0.25) is 23.6 Å². The lowest BCUT2D eigenvalue weighted by Crippen LogP contribution is -2.57. The minimum Gasteiger partial charge on any atom is -0.481 e. The summed E-state index contributed by atoms with van der Waals surface area (Å²) in [5, 5.41) is 33.6. The van der Waals surface area contributed by atoms with Gasteiger partial charge in [-0.2, -0.15) is 0 Å². The number of aliphatic hydroxyl groups excluding tert-OH is 1. The Morgan fingerprint density at radius 3 is 1.78 bits per heavy atom. The smallest absolute Gasteiger partial charge is 0.326 e. The molecule has 4 unspecified atom stereocenters. The van der Waals surface area contributed by atoms with Gasteiger partial charge in [0, 0.05) is 6.42 Å². The fourth-order valence-electron chi connectivity index (χ4n) is 2.54. The molecule has 0 aliphatic rings. The second-order valence-electron chi connectivity index (χ2n) is 7.54. The van der Waals surface area contributed by atoms with Crippen LogP contribution in [0.25, 0.3) is 0 Å². The predicted octanol–water partition coefficient (Wildman–Crippen LogP) is -3.37. The van der Waals surface area contributed by atoms with Gasteiger partial charge in [-0.05, 0) is 18.8 Å². The molecule has 14 nitrogen and oxygen atoms in total. The van der Waals surface area contributed by atoms with E-state index in [1.54, 1.807) is 13.8 Å². The van der Waals surface area contributed by atoms with Crippen LogP contribution in [0.1, 0.15) is 39.5 Å². The van der Waals surface area contributed by atoms with Crippen molar-refractivity contribution in [2.24, 2.45) is 17.4 Å². The summed E-state index contributed by atoms with van der Waals surface area (Å²) in [6.07, 6.45) is -1.32. The number of carbonyl (C=O) groups excluding carboxylic acids is 4. The maximum Gasteiger partial charge on any atom is 0.326 e. The summed E-state index contributed by atoms with van der Waals surface area (Å²) in [6.45, 7) is 2.75. The molecule has 0 aromatic carbocycles. The van der Waals surface area contributed by atoms with E-state index in [2.05, 4.69) is 16.0 Å². The summed E-state index contributed by atoms with van der Waals surface area (Å²) in [4.78, 5) is 70.4. The molecule has 32 heavy (non-hydrogen) atoms. The highest BCUT2D eigenvalue weighted by atomic mass is 16.4. The molecule has 0 bridgehead atoms. The molecule has 0 rings (SSSR count). The molecule has 4 amide bonds. The Hall–Kier alpha value is -3.26. The van der Waals surface area contributed by atoms with Gasteiger partial charge in [0.25, 0.3) is 0 Å². The van der Waals surface area contributed by atoms with Gasteiger partial charge in [-0.25, -0.2) is 4.79 Å². The normalized spacial score (nSPS) is 14.5. The Kier molecular flexibility index (Phi) is 12.5. The molecule has 0 saturated carbocycles. The summed E-state index contributed by atoms with van der Waals surface area (Å²) < 4.78 is 0. The first-order chi connectivity index (χ1) is 14.8. The number of amides is 4. The van der Waals surface area contributed by atoms with E-state index in [0.717, 1.165) is 0 Å². The molecule has 0 radical (unpaired) electrons. The van der Waals surface area contributed by atoms with E-state index in [9.17, 15) is 28.8 Å². The SMILES string of the molecule is CC(C)CC(NC(=O)C(CCC(N)=O)NC(=O)C(N)CO)C(=O)NC(CC(=O)O)C(=O)O. The molecule has 0 saturated heterocycles. The van der Waals surface area contributed by atoms with E-state index in [0.29, 0.717) is 0 Å². The molecule has 0 aromatic rings. The van der Waals surface area contributed by atoms with Gasteiger partial charge in [-0.1, -0.05) is 13.8 Å². The maximum atomic E-state index is 12.7. The number of carboxylic acid groups (broad SMARTS) is 2. The van der Waals surface area contributed by atoms with Crippen molar-refractivity contribution in [2.75, 3.05) is 6.61 Å². The van der Waals surface area contributed by atoms with Crippen LogP contribution in [0.15, 0.2) is 0 Å². The number of hydrogen-bond donors (Lipinski definition) is 8. The number of hydrogen-bond acceptors (Lipinski definition) is 8. The molecule has 0 fully saturated rings. The molecular weight excluding hydrogens is 430 g/mol. The number of nitrogens with one attached hydrogen (secondary N) is 3. The van der Waals surface area contributed by atoms with Gasteiger partial charge >= 0.3 is 11.9 Å². The van der Waals surface area contributed by atoms with E-state index >= 15 is 0 Å². The summed E-state index contributed by atoms with van der Waals surface area (Å²) in [5.41, 5.74) is 10.5. The third-order valence-corrected chi connectivity index (χ3v) is 4.18. The van der Waals surface area contributed by atoms with Crippen LogP contribution in [0.4, 0.5) is 0 Å².